The van der Waals surface area contributed by atoms with Crippen molar-refractivity contribution in [2.24, 2.45) is 5.73 Å². The van der Waals surface area contributed by atoms with Crippen molar-refractivity contribution in [3.8, 4) is 5.75 Å². The minimum Gasteiger partial charge on any atom is -0.488 e. The van der Waals surface area contributed by atoms with Gasteiger partial charge in [0.05, 0.1) is 16.6 Å². The Morgan fingerprint density at radius 1 is 1.16 bits per heavy atom. The summed E-state index contributed by atoms with van der Waals surface area (Å²) in [5.74, 6) is -0.618. The molecule has 2 N–H and O–H groups in total. The molecule has 0 saturated carbocycles. The Morgan fingerprint density at radius 2 is 1.88 bits per heavy atom. The van der Waals surface area contributed by atoms with E-state index in [1.807, 2.05) is 0 Å². The van der Waals surface area contributed by atoms with Crippen LogP contribution in [0.5, 0.6) is 5.75 Å². The summed E-state index contributed by atoms with van der Waals surface area (Å²) in [5, 5.41) is 0.842. The summed E-state index contributed by atoms with van der Waals surface area (Å²) < 4.78 is 5.84. The van der Waals surface area contributed by atoms with Crippen LogP contribution in [0, 0.1) is 0 Å². The van der Waals surface area contributed by atoms with Crippen molar-refractivity contribution in [2.75, 3.05) is 13.1 Å². The van der Waals surface area contributed by atoms with Gasteiger partial charge in [-0.05, 0) is 12.1 Å². The number of hydrogen-bond donors (Lipinski definition) is 1. The molecule has 0 aliphatic carbocycles. The molecule has 3 rings (SSSR count). The Kier molecular flexibility index (Phi) is 5.06. The number of rotatable bonds is 4. The molecule has 0 radical (unpaired) electrons. The number of ether oxygens (including phenoxy) is 1. The number of hydrogen-bond acceptors (Lipinski definition) is 5. The molecule has 1 aromatic carbocycles. The summed E-state index contributed by atoms with van der Waals surface area (Å²) in [7, 11) is 0. The summed E-state index contributed by atoms with van der Waals surface area (Å²) in [4.78, 5) is 33.3. The van der Waals surface area contributed by atoms with Gasteiger partial charge in [-0.3, -0.25) is 9.59 Å². The molecular formula is C16H14Cl2N4O3. The Bertz CT molecular complexity index is 831. The van der Waals surface area contributed by atoms with Crippen molar-refractivity contribution in [2.45, 2.75) is 12.5 Å². The Labute approximate surface area is 153 Å². The molecule has 25 heavy (non-hydrogen) atoms. The average Bonchev–Trinajstić information content (AvgIpc) is 3.06. The third-order valence-corrected chi connectivity index (χ3v) is 4.50. The highest BCUT2D eigenvalue weighted by Gasteiger charge is 2.31. The first-order chi connectivity index (χ1) is 12.0. The summed E-state index contributed by atoms with van der Waals surface area (Å²) in [6.45, 7) is 0.827. The van der Waals surface area contributed by atoms with E-state index in [0.717, 1.165) is 0 Å². The smallest absolute Gasteiger partial charge is 0.275 e. The maximum Gasteiger partial charge on any atom is 0.275 e. The number of carbonyl (C=O) groups excluding carboxylic acids is 2. The SMILES string of the molecule is NC(=O)c1nccnc1C(=O)N1CCC(Oc2ccc(Cl)c(Cl)c2)C1. The maximum atomic E-state index is 12.6. The van der Waals surface area contributed by atoms with Gasteiger partial charge in [-0.2, -0.15) is 0 Å². The third kappa shape index (κ3) is 3.83. The van der Waals surface area contributed by atoms with Crippen molar-refractivity contribution in [3.63, 3.8) is 0 Å². The van der Waals surface area contributed by atoms with Gasteiger partial charge < -0.3 is 15.4 Å². The molecule has 1 saturated heterocycles. The Hall–Kier alpha value is -2.38. The number of likely N-dealkylation sites (tertiary alicyclic amines) is 1. The fourth-order valence-corrected chi connectivity index (χ4v) is 2.86. The molecule has 2 amide bonds. The Balaban J connectivity index is 1.69. The second-order valence-corrected chi connectivity index (χ2v) is 6.29. The second kappa shape index (κ2) is 7.25. The fraction of sp³-hybridized carbons (Fsp3) is 0.250. The number of primary amides is 1. The van der Waals surface area contributed by atoms with E-state index < -0.39 is 11.8 Å². The van der Waals surface area contributed by atoms with Crippen LogP contribution >= 0.6 is 23.2 Å². The molecule has 2 heterocycles. The van der Waals surface area contributed by atoms with E-state index in [1.165, 1.54) is 12.4 Å². The van der Waals surface area contributed by atoms with Crippen molar-refractivity contribution >= 4 is 35.0 Å². The quantitative estimate of drug-likeness (QED) is 0.875. The van der Waals surface area contributed by atoms with E-state index in [-0.39, 0.29) is 17.5 Å². The van der Waals surface area contributed by atoms with Crippen LogP contribution in [-0.2, 0) is 0 Å². The minimum absolute atomic E-state index is 0.0508. The van der Waals surface area contributed by atoms with Crippen molar-refractivity contribution in [1.29, 1.82) is 0 Å². The van der Waals surface area contributed by atoms with Crippen LogP contribution in [0.1, 0.15) is 27.4 Å². The van der Waals surface area contributed by atoms with E-state index in [9.17, 15) is 9.59 Å². The van der Waals surface area contributed by atoms with Gasteiger partial charge >= 0.3 is 0 Å². The van der Waals surface area contributed by atoms with Gasteiger partial charge in [0.1, 0.15) is 11.9 Å². The van der Waals surface area contributed by atoms with Gasteiger partial charge in [0.15, 0.2) is 11.4 Å². The highest BCUT2D eigenvalue weighted by molar-refractivity contribution is 6.42. The predicted molar refractivity (Wildman–Crippen MR) is 91.9 cm³/mol. The first kappa shape index (κ1) is 17.4. The topological polar surface area (TPSA) is 98.4 Å². The molecule has 1 aromatic heterocycles. The number of aromatic nitrogens is 2. The van der Waals surface area contributed by atoms with Crippen LogP contribution < -0.4 is 10.5 Å². The second-order valence-electron chi connectivity index (χ2n) is 5.47. The van der Waals surface area contributed by atoms with Crippen molar-refractivity contribution < 1.29 is 14.3 Å². The zero-order valence-corrected chi connectivity index (χ0v) is 14.5. The van der Waals surface area contributed by atoms with Gasteiger partial charge in [0.25, 0.3) is 11.8 Å². The number of nitrogens with two attached hydrogens (primary N) is 1. The monoisotopic (exact) mass is 380 g/mol. The highest BCUT2D eigenvalue weighted by Crippen LogP contribution is 2.28. The standard InChI is InChI=1S/C16H14Cl2N4O3/c17-11-2-1-9(7-12(11)18)25-10-3-6-22(8-10)16(24)14-13(15(19)23)20-4-5-21-14/h1-2,4-5,7,10H,3,6,8H2,(H2,19,23). The number of benzene rings is 1. The minimum atomic E-state index is -0.792. The maximum absolute atomic E-state index is 12.6. The molecule has 1 unspecified atom stereocenters. The summed E-state index contributed by atoms with van der Waals surface area (Å²) in [6.07, 6.45) is 3.10. The zero-order chi connectivity index (χ0) is 18.0. The molecular weight excluding hydrogens is 367 g/mol. The van der Waals surface area contributed by atoms with E-state index in [0.29, 0.717) is 35.3 Å². The summed E-state index contributed by atoms with van der Waals surface area (Å²) >= 11 is 11.8. The molecule has 130 valence electrons. The molecule has 0 bridgehead atoms. The van der Waals surface area contributed by atoms with Crippen molar-refractivity contribution in [3.05, 3.63) is 52.0 Å². The van der Waals surface area contributed by atoms with Crippen LogP contribution in [0.25, 0.3) is 0 Å². The molecule has 1 aliphatic heterocycles. The first-order valence-electron chi connectivity index (χ1n) is 7.47. The van der Waals surface area contributed by atoms with Gasteiger partial charge in [-0.25, -0.2) is 9.97 Å². The highest BCUT2D eigenvalue weighted by atomic mass is 35.5. The molecule has 0 spiro atoms. The fourth-order valence-electron chi connectivity index (χ4n) is 2.58. The van der Waals surface area contributed by atoms with Crippen LogP contribution in [0.3, 0.4) is 0 Å². The summed E-state index contributed by atoms with van der Waals surface area (Å²) in [5.41, 5.74) is 5.06. The average molecular weight is 381 g/mol. The van der Waals surface area contributed by atoms with Crippen LogP contribution in [0.2, 0.25) is 10.0 Å². The van der Waals surface area contributed by atoms with Gasteiger partial charge in [-0.15, -0.1) is 0 Å². The Morgan fingerprint density at radius 3 is 2.56 bits per heavy atom. The lowest BCUT2D eigenvalue weighted by Crippen LogP contribution is -2.33. The molecule has 1 aliphatic rings. The van der Waals surface area contributed by atoms with Crippen LogP contribution in [-0.4, -0.2) is 45.9 Å². The van der Waals surface area contributed by atoms with Gasteiger partial charge in [0.2, 0.25) is 0 Å². The normalized spacial score (nSPS) is 16.7. The van der Waals surface area contributed by atoms with E-state index in [4.69, 9.17) is 33.7 Å². The molecule has 1 atom stereocenters. The first-order valence-corrected chi connectivity index (χ1v) is 8.23. The third-order valence-electron chi connectivity index (χ3n) is 3.76. The predicted octanol–water partition coefficient (Wildman–Crippen LogP) is 2.18. The lowest BCUT2D eigenvalue weighted by Gasteiger charge is -2.17. The molecule has 7 nitrogen and oxygen atoms in total. The van der Waals surface area contributed by atoms with Crippen LogP contribution in [0.15, 0.2) is 30.6 Å². The van der Waals surface area contributed by atoms with E-state index >= 15 is 0 Å². The molecule has 2 aromatic rings. The van der Waals surface area contributed by atoms with Gasteiger partial charge in [-0.1, -0.05) is 23.2 Å². The number of carbonyl (C=O) groups is 2. The summed E-state index contributed by atoms with van der Waals surface area (Å²) in [6, 6.07) is 4.99. The zero-order valence-electron chi connectivity index (χ0n) is 13.0. The lowest BCUT2D eigenvalue weighted by molar-refractivity contribution is 0.0760. The van der Waals surface area contributed by atoms with Crippen LogP contribution in [0.4, 0.5) is 0 Å². The van der Waals surface area contributed by atoms with E-state index in [1.54, 1.807) is 23.1 Å². The molecule has 1 fully saturated rings. The number of amides is 2. The molecule has 9 heteroatoms. The lowest BCUT2D eigenvalue weighted by atomic mass is 10.2. The van der Waals surface area contributed by atoms with E-state index in [2.05, 4.69) is 9.97 Å². The van der Waals surface area contributed by atoms with Gasteiger partial charge in [0, 0.05) is 31.4 Å². The van der Waals surface area contributed by atoms with Crippen molar-refractivity contribution in [1.82, 2.24) is 14.9 Å². The number of nitrogens with zero attached hydrogens (tertiary/aromatic N) is 3. The number of halogens is 2. The largest absolute Gasteiger partial charge is 0.488 e.